The summed E-state index contributed by atoms with van der Waals surface area (Å²) in [6.07, 6.45) is 1.64. The molecule has 0 aromatic heterocycles. The Bertz CT molecular complexity index is 626. The van der Waals surface area contributed by atoms with Crippen LogP contribution >= 0.6 is 35.6 Å². The number of halogens is 1. The molecule has 0 unspecified atom stereocenters. The van der Waals surface area contributed by atoms with E-state index in [1.54, 1.807) is 19.2 Å². The van der Waals surface area contributed by atoms with Crippen molar-refractivity contribution in [2.45, 2.75) is 13.8 Å². The maximum atomic E-state index is 11.9. The second-order valence-electron chi connectivity index (χ2n) is 4.31. The highest BCUT2D eigenvalue weighted by Crippen LogP contribution is 2.36. The zero-order chi connectivity index (χ0) is 14.3. The van der Waals surface area contributed by atoms with Gasteiger partial charge in [-0.3, -0.25) is 9.69 Å². The molecule has 1 aliphatic rings. The van der Waals surface area contributed by atoms with Gasteiger partial charge >= 0.3 is 0 Å². The molecule has 1 heterocycles. The predicted octanol–water partition coefficient (Wildman–Crippen LogP) is 3.49. The van der Waals surface area contributed by atoms with Crippen LogP contribution in [0.3, 0.4) is 0 Å². The SMILES string of the molecule is Cc1cc(O)c(/C=C2/SC(=S)N(C)C2=O)c(C)c1Cl. The molecule has 1 aromatic carbocycles. The Labute approximate surface area is 126 Å². The molecule has 0 spiro atoms. The summed E-state index contributed by atoms with van der Waals surface area (Å²) in [6, 6.07) is 1.59. The van der Waals surface area contributed by atoms with Crippen LogP contribution in [0, 0.1) is 13.8 Å². The van der Waals surface area contributed by atoms with Gasteiger partial charge in [-0.25, -0.2) is 0 Å². The number of rotatable bonds is 1. The number of nitrogens with zero attached hydrogens (tertiary/aromatic N) is 1. The second-order valence-corrected chi connectivity index (χ2v) is 6.36. The molecule has 1 amide bonds. The zero-order valence-electron chi connectivity index (χ0n) is 10.7. The third kappa shape index (κ3) is 2.50. The molecule has 0 radical (unpaired) electrons. The number of amides is 1. The van der Waals surface area contributed by atoms with Crippen molar-refractivity contribution < 1.29 is 9.90 Å². The highest BCUT2D eigenvalue weighted by molar-refractivity contribution is 8.26. The van der Waals surface area contributed by atoms with Gasteiger partial charge in [-0.15, -0.1) is 0 Å². The lowest BCUT2D eigenvalue weighted by Crippen LogP contribution is -2.22. The van der Waals surface area contributed by atoms with Gasteiger partial charge in [0.15, 0.2) is 0 Å². The maximum Gasteiger partial charge on any atom is 0.265 e. The number of aromatic hydroxyl groups is 1. The predicted molar refractivity (Wildman–Crippen MR) is 83.5 cm³/mol. The van der Waals surface area contributed by atoms with E-state index in [0.717, 1.165) is 11.1 Å². The Balaban J connectivity index is 2.54. The van der Waals surface area contributed by atoms with Gasteiger partial charge in [0.1, 0.15) is 10.1 Å². The summed E-state index contributed by atoms with van der Waals surface area (Å²) in [6.45, 7) is 3.64. The van der Waals surface area contributed by atoms with Crippen molar-refractivity contribution in [3.05, 3.63) is 32.7 Å². The van der Waals surface area contributed by atoms with Gasteiger partial charge in [0.05, 0.1) is 4.91 Å². The van der Waals surface area contributed by atoms with Crippen molar-refractivity contribution in [3.63, 3.8) is 0 Å². The number of phenolic OH excluding ortho intramolecular Hbond substituents is 1. The zero-order valence-corrected chi connectivity index (χ0v) is 13.0. The Kier molecular flexibility index (Phi) is 3.90. The van der Waals surface area contributed by atoms with E-state index in [4.69, 9.17) is 23.8 Å². The minimum absolute atomic E-state index is 0.112. The van der Waals surface area contributed by atoms with E-state index >= 15 is 0 Å². The molecule has 3 nitrogen and oxygen atoms in total. The summed E-state index contributed by atoms with van der Waals surface area (Å²) >= 11 is 12.4. The van der Waals surface area contributed by atoms with E-state index in [0.29, 0.717) is 19.8 Å². The van der Waals surface area contributed by atoms with Crippen LogP contribution in [-0.4, -0.2) is 27.3 Å². The van der Waals surface area contributed by atoms with Crippen molar-refractivity contribution in [2.24, 2.45) is 0 Å². The molecular formula is C13H12ClNO2S2. The van der Waals surface area contributed by atoms with Gasteiger partial charge in [0, 0.05) is 17.6 Å². The van der Waals surface area contributed by atoms with E-state index in [2.05, 4.69) is 0 Å². The highest BCUT2D eigenvalue weighted by atomic mass is 35.5. The number of thioether (sulfide) groups is 1. The van der Waals surface area contributed by atoms with Crippen LogP contribution in [-0.2, 0) is 4.79 Å². The Hall–Kier alpha value is -1.04. The first-order chi connectivity index (χ1) is 8.82. The molecule has 0 aliphatic carbocycles. The van der Waals surface area contributed by atoms with Gasteiger partial charge in [-0.1, -0.05) is 35.6 Å². The number of carbonyl (C=O) groups is 1. The molecule has 100 valence electrons. The van der Waals surface area contributed by atoms with Crippen LogP contribution in [0.2, 0.25) is 5.02 Å². The van der Waals surface area contributed by atoms with Crippen molar-refractivity contribution in [2.75, 3.05) is 7.05 Å². The van der Waals surface area contributed by atoms with Gasteiger partial charge < -0.3 is 5.11 Å². The topological polar surface area (TPSA) is 40.5 Å². The molecule has 1 fully saturated rings. The summed E-state index contributed by atoms with van der Waals surface area (Å²) in [4.78, 5) is 13.8. The smallest absolute Gasteiger partial charge is 0.265 e. The van der Waals surface area contributed by atoms with Gasteiger partial charge in [0.25, 0.3) is 5.91 Å². The average molecular weight is 314 g/mol. The summed E-state index contributed by atoms with van der Waals surface area (Å²) in [5.41, 5.74) is 2.11. The van der Waals surface area contributed by atoms with Crippen molar-refractivity contribution in [1.29, 1.82) is 0 Å². The number of carbonyl (C=O) groups excluding carboxylic acids is 1. The number of hydrogen-bond acceptors (Lipinski definition) is 4. The normalized spacial score (nSPS) is 17.7. The first-order valence-electron chi connectivity index (χ1n) is 5.53. The maximum absolute atomic E-state index is 11.9. The third-order valence-electron chi connectivity index (χ3n) is 2.97. The Morgan fingerprint density at radius 1 is 1.47 bits per heavy atom. The summed E-state index contributed by atoms with van der Waals surface area (Å²) < 4.78 is 0.506. The van der Waals surface area contributed by atoms with Crippen LogP contribution < -0.4 is 0 Å². The number of benzene rings is 1. The first-order valence-corrected chi connectivity index (χ1v) is 7.13. The lowest BCUT2D eigenvalue weighted by molar-refractivity contribution is -0.121. The quantitative estimate of drug-likeness (QED) is 0.636. The van der Waals surface area contributed by atoms with Crippen LogP contribution in [0.25, 0.3) is 6.08 Å². The number of likely N-dealkylation sites (N-methyl/N-ethyl adjacent to an activating group) is 1. The van der Waals surface area contributed by atoms with Crippen molar-refractivity contribution >= 4 is 51.9 Å². The van der Waals surface area contributed by atoms with Gasteiger partial charge in [0.2, 0.25) is 0 Å². The number of thiocarbonyl (C=S) groups is 1. The fourth-order valence-corrected chi connectivity index (χ4v) is 3.13. The van der Waals surface area contributed by atoms with E-state index in [1.165, 1.54) is 16.7 Å². The van der Waals surface area contributed by atoms with E-state index in [9.17, 15) is 9.90 Å². The number of aryl methyl sites for hydroxylation is 1. The standard InChI is InChI=1S/C13H12ClNO2S2/c1-6-4-9(16)8(7(2)11(6)14)5-10-12(17)15(3)13(18)19-10/h4-5,16H,1-3H3/b10-5+. The molecule has 19 heavy (non-hydrogen) atoms. The van der Waals surface area contributed by atoms with E-state index < -0.39 is 0 Å². The molecule has 0 saturated carbocycles. The second kappa shape index (κ2) is 5.15. The fraction of sp³-hybridized carbons (Fsp3) is 0.231. The van der Waals surface area contributed by atoms with E-state index in [-0.39, 0.29) is 11.7 Å². The first kappa shape index (κ1) is 14.4. The molecule has 2 rings (SSSR count). The molecule has 0 bridgehead atoms. The minimum Gasteiger partial charge on any atom is -0.507 e. The molecule has 0 atom stereocenters. The van der Waals surface area contributed by atoms with E-state index in [1.807, 2.05) is 13.8 Å². The number of hydrogen-bond donors (Lipinski definition) is 1. The fourth-order valence-electron chi connectivity index (χ4n) is 1.81. The Morgan fingerprint density at radius 2 is 2.11 bits per heavy atom. The molecule has 6 heteroatoms. The van der Waals surface area contributed by atoms with Crippen LogP contribution in [0.5, 0.6) is 5.75 Å². The minimum atomic E-state index is -0.162. The highest BCUT2D eigenvalue weighted by Gasteiger charge is 2.29. The molecular weight excluding hydrogens is 302 g/mol. The molecule has 1 saturated heterocycles. The Morgan fingerprint density at radius 3 is 2.63 bits per heavy atom. The van der Waals surface area contributed by atoms with Crippen molar-refractivity contribution in [1.82, 2.24) is 4.90 Å². The number of phenols is 1. The van der Waals surface area contributed by atoms with Crippen LogP contribution in [0.1, 0.15) is 16.7 Å². The summed E-state index contributed by atoms with van der Waals surface area (Å²) in [7, 11) is 1.63. The third-order valence-corrected chi connectivity index (χ3v) is 5.04. The van der Waals surface area contributed by atoms with Gasteiger partial charge in [-0.2, -0.15) is 0 Å². The average Bonchev–Trinajstić information content (AvgIpc) is 2.59. The molecule has 1 aliphatic heterocycles. The van der Waals surface area contributed by atoms with Crippen LogP contribution in [0.4, 0.5) is 0 Å². The summed E-state index contributed by atoms with van der Waals surface area (Å²) in [5, 5.41) is 10.6. The molecule has 1 N–H and O–H groups in total. The van der Waals surface area contributed by atoms with Gasteiger partial charge in [-0.05, 0) is 37.1 Å². The lowest BCUT2D eigenvalue weighted by atomic mass is 10.0. The molecule has 1 aromatic rings. The van der Waals surface area contributed by atoms with Crippen LogP contribution in [0.15, 0.2) is 11.0 Å². The largest absolute Gasteiger partial charge is 0.507 e. The lowest BCUT2D eigenvalue weighted by Gasteiger charge is -2.09. The summed E-state index contributed by atoms with van der Waals surface area (Å²) in [5.74, 6) is -0.0498. The monoisotopic (exact) mass is 313 g/mol. The van der Waals surface area contributed by atoms with Crippen molar-refractivity contribution in [3.8, 4) is 5.75 Å².